The Morgan fingerprint density at radius 1 is 0.538 bits per heavy atom. The average molecular weight is 369 g/mol. The van der Waals surface area contributed by atoms with Crippen molar-refractivity contribution in [2.45, 2.75) is 48.8 Å². The first-order valence-electron chi connectivity index (χ1n) is 10.5. The standard InChI is InChI=1S/C18H40N8/c19-17-9-21-5-7-23-11-18(20,12-24-8-6-22-10-17)14-26-16-4-2-1-3-15(16)25-13-17/h15-16,21-26H,1-14,19-20H2. The van der Waals surface area contributed by atoms with Crippen LogP contribution < -0.4 is 43.4 Å². The highest BCUT2D eigenvalue weighted by Crippen LogP contribution is 2.19. The van der Waals surface area contributed by atoms with E-state index in [2.05, 4.69) is 31.9 Å². The molecule has 1 aliphatic carbocycles. The lowest BCUT2D eigenvalue weighted by atomic mass is 9.88. The van der Waals surface area contributed by atoms with Crippen LogP contribution in [-0.2, 0) is 0 Å². The van der Waals surface area contributed by atoms with Gasteiger partial charge in [-0.3, -0.25) is 0 Å². The second-order valence-electron chi connectivity index (χ2n) is 8.69. The summed E-state index contributed by atoms with van der Waals surface area (Å²) in [6.07, 6.45) is 5.01. The molecule has 0 aromatic heterocycles. The van der Waals surface area contributed by atoms with E-state index in [4.69, 9.17) is 11.5 Å². The van der Waals surface area contributed by atoms with Crippen molar-refractivity contribution in [2.75, 3.05) is 65.4 Å². The van der Waals surface area contributed by atoms with Gasteiger partial charge in [0, 0.05) is 77.5 Å². The molecule has 0 spiro atoms. The van der Waals surface area contributed by atoms with Gasteiger partial charge < -0.3 is 43.4 Å². The summed E-state index contributed by atoms with van der Waals surface area (Å²) >= 11 is 0. The van der Waals surface area contributed by atoms with Crippen molar-refractivity contribution in [3.63, 3.8) is 0 Å². The van der Waals surface area contributed by atoms with E-state index in [0.717, 1.165) is 65.4 Å². The molecular weight excluding hydrogens is 328 g/mol. The smallest absolute Gasteiger partial charge is 0.0533 e. The molecule has 4 rings (SSSR count). The number of fused-ring (bicyclic) bond motifs is 12. The Balaban J connectivity index is 1.77. The van der Waals surface area contributed by atoms with Crippen LogP contribution in [0, 0.1) is 0 Å². The normalized spacial score (nSPS) is 41.8. The number of hydrogen-bond donors (Lipinski definition) is 8. The molecule has 4 aliphatic rings. The first-order valence-corrected chi connectivity index (χ1v) is 10.5. The molecule has 26 heavy (non-hydrogen) atoms. The van der Waals surface area contributed by atoms with Crippen LogP contribution in [0.15, 0.2) is 0 Å². The van der Waals surface area contributed by atoms with Crippen LogP contribution >= 0.6 is 0 Å². The Bertz CT molecular complexity index is 364. The Morgan fingerprint density at radius 2 is 0.885 bits per heavy atom. The van der Waals surface area contributed by atoms with Crippen molar-refractivity contribution in [3.05, 3.63) is 0 Å². The molecule has 3 aliphatic heterocycles. The van der Waals surface area contributed by atoms with E-state index in [9.17, 15) is 0 Å². The molecule has 2 unspecified atom stereocenters. The van der Waals surface area contributed by atoms with Gasteiger partial charge in [-0.25, -0.2) is 0 Å². The molecule has 152 valence electrons. The number of hydrogen-bond acceptors (Lipinski definition) is 8. The minimum Gasteiger partial charge on any atom is -0.322 e. The summed E-state index contributed by atoms with van der Waals surface area (Å²) in [4.78, 5) is 0. The maximum absolute atomic E-state index is 6.78. The first-order chi connectivity index (χ1) is 12.6. The van der Waals surface area contributed by atoms with Crippen molar-refractivity contribution >= 4 is 0 Å². The number of nitrogens with two attached hydrogens (primary N) is 2. The van der Waals surface area contributed by atoms with Gasteiger partial charge in [0.25, 0.3) is 0 Å². The third kappa shape index (κ3) is 6.10. The van der Waals surface area contributed by atoms with Gasteiger partial charge in [-0.15, -0.1) is 0 Å². The Morgan fingerprint density at radius 3 is 1.23 bits per heavy atom. The van der Waals surface area contributed by atoms with Gasteiger partial charge in [0.1, 0.15) is 0 Å². The third-order valence-electron chi connectivity index (χ3n) is 6.06. The molecule has 0 radical (unpaired) electrons. The highest BCUT2D eigenvalue weighted by molar-refractivity contribution is 4.98. The summed E-state index contributed by atoms with van der Waals surface area (Å²) < 4.78 is 0. The molecular formula is C18H40N8. The molecule has 2 atom stereocenters. The van der Waals surface area contributed by atoms with E-state index in [1.165, 1.54) is 25.7 Å². The van der Waals surface area contributed by atoms with Gasteiger partial charge in [0.05, 0.1) is 11.1 Å². The van der Waals surface area contributed by atoms with Crippen LogP contribution in [0.3, 0.4) is 0 Å². The molecule has 0 aromatic carbocycles. The minimum atomic E-state index is -0.284. The monoisotopic (exact) mass is 368 g/mol. The summed E-state index contributed by atoms with van der Waals surface area (Å²) in [5, 5.41) is 21.7. The van der Waals surface area contributed by atoms with Crippen LogP contribution in [0.1, 0.15) is 25.7 Å². The van der Waals surface area contributed by atoms with Crippen LogP contribution in [-0.4, -0.2) is 88.6 Å². The molecule has 4 fully saturated rings. The van der Waals surface area contributed by atoms with E-state index in [1.807, 2.05) is 0 Å². The lowest BCUT2D eigenvalue weighted by Gasteiger charge is -2.40. The Labute approximate surface area is 158 Å². The zero-order chi connectivity index (χ0) is 18.3. The quantitative estimate of drug-likeness (QED) is 0.232. The largest absolute Gasteiger partial charge is 0.322 e. The van der Waals surface area contributed by atoms with Crippen LogP contribution in [0.25, 0.3) is 0 Å². The Hall–Kier alpha value is -0.320. The van der Waals surface area contributed by atoms with Gasteiger partial charge in [-0.05, 0) is 12.8 Å². The van der Waals surface area contributed by atoms with E-state index in [-0.39, 0.29) is 11.1 Å². The molecule has 0 aromatic rings. The van der Waals surface area contributed by atoms with Gasteiger partial charge in [0.2, 0.25) is 0 Å². The first kappa shape index (κ1) is 20.4. The zero-order valence-corrected chi connectivity index (χ0v) is 16.2. The molecule has 3 heterocycles. The van der Waals surface area contributed by atoms with Crippen molar-refractivity contribution < 1.29 is 0 Å². The fraction of sp³-hybridized carbons (Fsp3) is 1.00. The maximum Gasteiger partial charge on any atom is 0.0533 e. The number of nitrogens with one attached hydrogen (secondary N) is 6. The predicted octanol–water partition coefficient (Wildman–Crippen LogP) is -2.74. The lowest BCUT2D eigenvalue weighted by Crippen LogP contribution is -2.67. The van der Waals surface area contributed by atoms with Gasteiger partial charge in [0.15, 0.2) is 0 Å². The summed E-state index contributed by atoms with van der Waals surface area (Å²) in [5.41, 5.74) is 13.0. The molecule has 1 saturated carbocycles. The highest BCUT2D eigenvalue weighted by atomic mass is 15.1. The van der Waals surface area contributed by atoms with Crippen molar-refractivity contribution in [1.29, 1.82) is 0 Å². The lowest BCUT2D eigenvalue weighted by molar-refractivity contribution is 0.232. The second kappa shape index (κ2) is 9.75. The molecule has 8 heteroatoms. The molecule has 3 saturated heterocycles. The third-order valence-corrected chi connectivity index (χ3v) is 6.06. The second-order valence-corrected chi connectivity index (χ2v) is 8.69. The summed E-state index contributed by atoms with van der Waals surface area (Å²) in [5.74, 6) is 0. The van der Waals surface area contributed by atoms with Crippen molar-refractivity contribution in [3.8, 4) is 0 Å². The van der Waals surface area contributed by atoms with Gasteiger partial charge in [-0.1, -0.05) is 12.8 Å². The average Bonchev–Trinajstić information content (AvgIpc) is 2.64. The van der Waals surface area contributed by atoms with Crippen LogP contribution in [0.5, 0.6) is 0 Å². The summed E-state index contributed by atoms with van der Waals surface area (Å²) in [6.45, 7) is 8.49. The van der Waals surface area contributed by atoms with Crippen LogP contribution in [0.2, 0.25) is 0 Å². The topological polar surface area (TPSA) is 124 Å². The highest BCUT2D eigenvalue weighted by Gasteiger charge is 2.32. The molecule has 10 N–H and O–H groups in total. The van der Waals surface area contributed by atoms with E-state index in [0.29, 0.717) is 12.1 Å². The van der Waals surface area contributed by atoms with Crippen molar-refractivity contribution in [2.24, 2.45) is 11.5 Å². The summed E-state index contributed by atoms with van der Waals surface area (Å²) in [7, 11) is 0. The van der Waals surface area contributed by atoms with E-state index >= 15 is 0 Å². The molecule has 8 nitrogen and oxygen atoms in total. The molecule has 2 bridgehead atoms. The summed E-state index contributed by atoms with van der Waals surface area (Å²) in [6, 6.07) is 0.949. The maximum atomic E-state index is 6.78. The van der Waals surface area contributed by atoms with E-state index in [1.54, 1.807) is 0 Å². The SMILES string of the molecule is NC12CNCCNCC(N)(CNCCNC1)CNC1CCCCC1NC2. The van der Waals surface area contributed by atoms with Crippen molar-refractivity contribution in [1.82, 2.24) is 31.9 Å². The predicted molar refractivity (Wildman–Crippen MR) is 107 cm³/mol. The van der Waals surface area contributed by atoms with Gasteiger partial charge >= 0.3 is 0 Å². The minimum absolute atomic E-state index is 0.284. The van der Waals surface area contributed by atoms with Crippen LogP contribution in [0.4, 0.5) is 0 Å². The molecule has 0 amide bonds. The Kier molecular flexibility index (Phi) is 7.65. The fourth-order valence-electron chi connectivity index (χ4n) is 4.37. The fourth-order valence-corrected chi connectivity index (χ4v) is 4.37. The van der Waals surface area contributed by atoms with Gasteiger partial charge in [-0.2, -0.15) is 0 Å². The number of rotatable bonds is 0. The zero-order valence-electron chi connectivity index (χ0n) is 16.2. The van der Waals surface area contributed by atoms with E-state index < -0.39 is 0 Å².